The van der Waals surface area contributed by atoms with Gasteiger partial charge in [-0.3, -0.25) is 19.7 Å². The number of benzene rings is 1. The Labute approximate surface area is 147 Å². The summed E-state index contributed by atoms with van der Waals surface area (Å²) in [6.07, 6.45) is 5.56. The highest BCUT2D eigenvalue weighted by Gasteiger charge is 2.24. The topological polar surface area (TPSA) is 101 Å². The van der Waals surface area contributed by atoms with Crippen LogP contribution in [0.25, 0.3) is 0 Å². The highest BCUT2D eigenvalue weighted by molar-refractivity contribution is 6.39. The number of rotatable bonds is 5. The molecular weight excluding hydrogens is 322 g/mol. The summed E-state index contributed by atoms with van der Waals surface area (Å²) >= 11 is 0. The van der Waals surface area contributed by atoms with Gasteiger partial charge in [0.15, 0.2) is 0 Å². The molecule has 1 aromatic rings. The summed E-state index contributed by atoms with van der Waals surface area (Å²) in [4.78, 5) is 34.7. The average molecular weight is 347 g/mol. The lowest BCUT2D eigenvalue weighted by atomic mass is 9.84. The molecule has 7 heteroatoms. The molecule has 2 N–H and O–H groups in total. The first-order valence-electron chi connectivity index (χ1n) is 8.83. The van der Waals surface area contributed by atoms with E-state index in [0.717, 1.165) is 32.1 Å². The molecule has 1 aromatic carbocycles. The molecule has 2 amide bonds. The molecule has 0 unspecified atom stereocenters. The van der Waals surface area contributed by atoms with Gasteiger partial charge in [0, 0.05) is 23.4 Å². The van der Waals surface area contributed by atoms with Crippen molar-refractivity contribution in [1.82, 2.24) is 5.32 Å². The third kappa shape index (κ3) is 5.01. The molecule has 1 fully saturated rings. The van der Waals surface area contributed by atoms with E-state index < -0.39 is 16.7 Å². The van der Waals surface area contributed by atoms with Crippen molar-refractivity contribution in [2.24, 2.45) is 5.92 Å². The molecule has 0 aliphatic heterocycles. The number of hydrogen-bond donors (Lipinski definition) is 2. The van der Waals surface area contributed by atoms with Crippen LogP contribution in [0.2, 0.25) is 0 Å². The van der Waals surface area contributed by atoms with Gasteiger partial charge in [0.2, 0.25) is 0 Å². The zero-order valence-corrected chi connectivity index (χ0v) is 14.7. The predicted octanol–water partition coefficient (Wildman–Crippen LogP) is 3.18. The van der Waals surface area contributed by atoms with Gasteiger partial charge in [-0.2, -0.15) is 0 Å². The van der Waals surface area contributed by atoms with E-state index in [9.17, 15) is 19.7 Å². The van der Waals surface area contributed by atoms with Gasteiger partial charge < -0.3 is 10.6 Å². The third-order valence-corrected chi connectivity index (χ3v) is 4.89. The molecule has 0 saturated heterocycles. The second-order valence-corrected chi connectivity index (χ2v) is 6.51. The molecule has 1 aliphatic carbocycles. The largest absolute Gasteiger partial charge is 0.345 e. The number of nitrogens with one attached hydrogen (secondary N) is 2. The molecule has 1 saturated carbocycles. The van der Waals surface area contributed by atoms with Crippen LogP contribution in [0.15, 0.2) is 18.2 Å². The molecule has 0 radical (unpaired) electrons. The Bertz CT molecular complexity index is 652. The number of nitro benzene ring substituents is 1. The van der Waals surface area contributed by atoms with Crippen molar-refractivity contribution in [2.45, 2.75) is 58.4 Å². The first-order valence-corrected chi connectivity index (χ1v) is 8.83. The van der Waals surface area contributed by atoms with Crippen molar-refractivity contribution >= 4 is 23.2 Å². The van der Waals surface area contributed by atoms with Crippen molar-refractivity contribution in [3.8, 4) is 0 Å². The van der Waals surface area contributed by atoms with Crippen LogP contribution in [-0.2, 0) is 16.0 Å². The maximum atomic E-state index is 12.1. The fourth-order valence-corrected chi connectivity index (χ4v) is 3.26. The summed E-state index contributed by atoms with van der Waals surface area (Å²) in [7, 11) is 0. The maximum Gasteiger partial charge on any atom is 0.313 e. The zero-order valence-electron chi connectivity index (χ0n) is 14.7. The minimum atomic E-state index is -0.795. The number of anilines is 1. The Hall–Kier alpha value is -2.44. The monoisotopic (exact) mass is 347 g/mol. The van der Waals surface area contributed by atoms with Crippen LogP contribution >= 0.6 is 0 Å². The number of amides is 2. The molecule has 1 aliphatic rings. The molecule has 136 valence electrons. The molecular formula is C18H25N3O4. The highest BCUT2D eigenvalue weighted by atomic mass is 16.6. The summed E-state index contributed by atoms with van der Waals surface area (Å²) in [5.74, 6) is -0.780. The summed E-state index contributed by atoms with van der Waals surface area (Å²) in [6, 6.07) is 4.48. The molecule has 0 bridgehead atoms. The standard InChI is InChI=1S/C18H25N3O4/c1-3-12-5-8-14(9-6-12)19-17(22)18(23)20-15-10-7-13(4-2)16(11-15)21(24)25/h7,10-12,14H,3-6,8-9H2,1-2H3,(H,19,22)(H,20,23). The summed E-state index contributed by atoms with van der Waals surface area (Å²) < 4.78 is 0. The number of nitro groups is 1. The van der Waals surface area contributed by atoms with E-state index >= 15 is 0 Å². The van der Waals surface area contributed by atoms with Crippen LogP contribution in [0, 0.1) is 16.0 Å². The summed E-state index contributed by atoms with van der Waals surface area (Å²) in [5, 5.41) is 16.3. The highest BCUT2D eigenvalue weighted by Crippen LogP contribution is 2.26. The minimum Gasteiger partial charge on any atom is -0.345 e. The minimum absolute atomic E-state index is 0.0258. The predicted molar refractivity (Wildman–Crippen MR) is 95.3 cm³/mol. The van der Waals surface area contributed by atoms with Crippen molar-refractivity contribution in [1.29, 1.82) is 0 Å². The van der Waals surface area contributed by atoms with E-state index in [1.165, 1.54) is 6.07 Å². The average Bonchev–Trinajstić information content (AvgIpc) is 2.62. The van der Waals surface area contributed by atoms with Gasteiger partial charge in [-0.05, 0) is 44.1 Å². The van der Waals surface area contributed by atoms with E-state index in [1.807, 2.05) is 6.92 Å². The van der Waals surface area contributed by atoms with Gasteiger partial charge in [0.25, 0.3) is 5.69 Å². The summed E-state index contributed by atoms with van der Waals surface area (Å²) in [6.45, 7) is 3.99. The van der Waals surface area contributed by atoms with Gasteiger partial charge in [-0.25, -0.2) is 0 Å². The molecule has 0 heterocycles. The number of carbonyl (C=O) groups is 2. The molecule has 0 atom stereocenters. The lowest BCUT2D eigenvalue weighted by Gasteiger charge is -2.28. The van der Waals surface area contributed by atoms with Gasteiger partial charge in [-0.15, -0.1) is 0 Å². The van der Waals surface area contributed by atoms with Crippen LogP contribution in [0.1, 0.15) is 51.5 Å². The van der Waals surface area contributed by atoms with E-state index in [4.69, 9.17) is 0 Å². The Morgan fingerprint density at radius 1 is 1.16 bits per heavy atom. The van der Waals surface area contributed by atoms with Crippen LogP contribution < -0.4 is 10.6 Å². The van der Waals surface area contributed by atoms with Crippen LogP contribution in [-0.4, -0.2) is 22.8 Å². The van der Waals surface area contributed by atoms with Gasteiger partial charge >= 0.3 is 11.8 Å². The molecule has 2 rings (SSSR count). The maximum absolute atomic E-state index is 12.1. The number of aryl methyl sites for hydroxylation is 1. The van der Waals surface area contributed by atoms with E-state index in [0.29, 0.717) is 17.9 Å². The van der Waals surface area contributed by atoms with Crippen LogP contribution in [0.3, 0.4) is 0 Å². The van der Waals surface area contributed by atoms with E-state index in [1.54, 1.807) is 12.1 Å². The zero-order chi connectivity index (χ0) is 18.4. The van der Waals surface area contributed by atoms with Gasteiger partial charge in [-0.1, -0.05) is 26.3 Å². The Kier molecular flexibility index (Phi) is 6.50. The number of nitrogens with zero attached hydrogens (tertiary/aromatic N) is 1. The molecule has 25 heavy (non-hydrogen) atoms. The lowest BCUT2D eigenvalue weighted by Crippen LogP contribution is -2.43. The molecule has 0 spiro atoms. The second-order valence-electron chi connectivity index (χ2n) is 6.51. The summed E-state index contributed by atoms with van der Waals surface area (Å²) in [5.41, 5.74) is 0.775. The fourth-order valence-electron chi connectivity index (χ4n) is 3.26. The van der Waals surface area contributed by atoms with E-state index in [2.05, 4.69) is 17.6 Å². The Balaban J connectivity index is 1.94. The van der Waals surface area contributed by atoms with Crippen molar-refractivity contribution < 1.29 is 14.5 Å². The third-order valence-electron chi connectivity index (χ3n) is 4.89. The Morgan fingerprint density at radius 2 is 1.84 bits per heavy atom. The SMILES string of the molecule is CCc1ccc(NC(=O)C(=O)NC2CCC(CC)CC2)cc1[N+](=O)[O-]. The van der Waals surface area contributed by atoms with Crippen molar-refractivity contribution in [3.05, 3.63) is 33.9 Å². The van der Waals surface area contributed by atoms with E-state index in [-0.39, 0.29) is 17.4 Å². The van der Waals surface area contributed by atoms with Crippen LogP contribution in [0.4, 0.5) is 11.4 Å². The van der Waals surface area contributed by atoms with Crippen molar-refractivity contribution in [2.75, 3.05) is 5.32 Å². The van der Waals surface area contributed by atoms with Crippen molar-refractivity contribution in [3.63, 3.8) is 0 Å². The fraction of sp³-hybridized carbons (Fsp3) is 0.556. The second kappa shape index (κ2) is 8.60. The Morgan fingerprint density at radius 3 is 2.40 bits per heavy atom. The first kappa shape index (κ1) is 18.9. The molecule has 0 aromatic heterocycles. The molecule has 7 nitrogen and oxygen atoms in total. The number of hydrogen-bond acceptors (Lipinski definition) is 4. The first-order chi connectivity index (χ1) is 11.9. The van der Waals surface area contributed by atoms with Gasteiger partial charge in [0.1, 0.15) is 0 Å². The van der Waals surface area contributed by atoms with Gasteiger partial charge in [0.05, 0.1) is 4.92 Å². The van der Waals surface area contributed by atoms with Crippen LogP contribution in [0.5, 0.6) is 0 Å². The normalized spacial score (nSPS) is 19.9. The number of carbonyl (C=O) groups excluding carboxylic acids is 2. The lowest BCUT2D eigenvalue weighted by molar-refractivity contribution is -0.385. The smallest absolute Gasteiger partial charge is 0.313 e. The quantitative estimate of drug-likeness (QED) is 0.485.